The second kappa shape index (κ2) is 6.80. The molecule has 3 saturated heterocycles. The van der Waals surface area contributed by atoms with Crippen molar-refractivity contribution in [3.05, 3.63) is 30.1 Å². The van der Waals surface area contributed by atoms with Crippen LogP contribution in [0.5, 0.6) is 0 Å². The van der Waals surface area contributed by atoms with Crippen LogP contribution >= 0.6 is 0 Å². The van der Waals surface area contributed by atoms with Gasteiger partial charge in [0.05, 0.1) is 38.0 Å². The molecule has 23 heavy (non-hydrogen) atoms. The first-order valence-electron chi connectivity index (χ1n) is 8.22. The van der Waals surface area contributed by atoms with Crippen molar-refractivity contribution in [2.45, 2.75) is 37.1 Å². The molecule has 0 radical (unpaired) electrons. The number of nitrogens with one attached hydrogen (secondary N) is 1. The highest BCUT2D eigenvalue weighted by atomic mass is 16.7. The van der Waals surface area contributed by atoms with E-state index in [-0.39, 0.29) is 24.5 Å². The molecule has 0 saturated carbocycles. The van der Waals surface area contributed by atoms with Gasteiger partial charge in [-0.2, -0.15) is 0 Å². The first-order chi connectivity index (χ1) is 11.3. The van der Waals surface area contributed by atoms with Crippen LogP contribution in [-0.2, 0) is 20.8 Å². The van der Waals surface area contributed by atoms with E-state index in [1.54, 1.807) is 12.4 Å². The maximum atomic E-state index is 10.9. The maximum Gasteiger partial charge on any atom is 0.176 e. The fourth-order valence-electron chi connectivity index (χ4n) is 3.65. The van der Waals surface area contributed by atoms with Gasteiger partial charge in [-0.15, -0.1) is 0 Å². The lowest BCUT2D eigenvalue weighted by Gasteiger charge is -2.45. The van der Waals surface area contributed by atoms with E-state index in [0.717, 1.165) is 18.7 Å². The zero-order chi connectivity index (χ0) is 15.6. The Labute approximate surface area is 135 Å². The second-order valence-electron chi connectivity index (χ2n) is 6.27. The van der Waals surface area contributed by atoms with Crippen LogP contribution in [0.3, 0.4) is 0 Å². The molecular weight excluding hydrogens is 298 g/mol. The first kappa shape index (κ1) is 15.4. The van der Waals surface area contributed by atoms with Gasteiger partial charge in [-0.3, -0.25) is 9.88 Å². The number of aliphatic hydroxyl groups is 1. The normalized spacial score (nSPS) is 37.9. The number of nitrogens with zero attached hydrogens (tertiary/aromatic N) is 2. The topological polar surface area (TPSA) is 76.1 Å². The Balaban J connectivity index is 1.45. The number of aliphatic hydroxyl groups excluding tert-OH is 1. The van der Waals surface area contributed by atoms with Crippen LogP contribution < -0.4 is 5.32 Å². The Kier molecular flexibility index (Phi) is 4.57. The second-order valence-corrected chi connectivity index (χ2v) is 6.27. The fraction of sp³-hybridized carbons (Fsp3) is 0.688. The average molecular weight is 321 g/mol. The van der Waals surface area contributed by atoms with Crippen molar-refractivity contribution < 1.29 is 19.3 Å². The highest BCUT2D eigenvalue weighted by Crippen LogP contribution is 2.31. The summed E-state index contributed by atoms with van der Waals surface area (Å²) in [5, 5.41) is 14.4. The predicted molar refractivity (Wildman–Crippen MR) is 81.7 cm³/mol. The number of morpholine rings is 1. The molecular formula is C16H23N3O4. The van der Waals surface area contributed by atoms with Crippen molar-refractivity contribution in [1.82, 2.24) is 15.2 Å². The van der Waals surface area contributed by atoms with E-state index < -0.39 is 6.10 Å². The molecule has 0 amide bonds. The molecule has 4 heterocycles. The number of pyridine rings is 1. The van der Waals surface area contributed by atoms with E-state index in [1.807, 2.05) is 12.1 Å². The van der Waals surface area contributed by atoms with Crippen LogP contribution in [0.1, 0.15) is 5.56 Å². The smallest absolute Gasteiger partial charge is 0.176 e. The predicted octanol–water partition coefficient (Wildman–Crippen LogP) is -0.643. The van der Waals surface area contributed by atoms with Gasteiger partial charge in [-0.1, -0.05) is 0 Å². The van der Waals surface area contributed by atoms with Crippen molar-refractivity contribution in [2.24, 2.45) is 0 Å². The summed E-state index contributed by atoms with van der Waals surface area (Å²) in [7, 11) is 0. The van der Waals surface area contributed by atoms with E-state index >= 15 is 0 Å². The van der Waals surface area contributed by atoms with Crippen LogP contribution in [0.25, 0.3) is 0 Å². The minimum absolute atomic E-state index is 0.103. The lowest BCUT2D eigenvalue weighted by molar-refractivity contribution is -0.191. The van der Waals surface area contributed by atoms with E-state index in [1.165, 1.54) is 0 Å². The highest BCUT2D eigenvalue weighted by molar-refractivity contribution is 5.10. The summed E-state index contributed by atoms with van der Waals surface area (Å²) >= 11 is 0. The molecule has 0 spiro atoms. The summed E-state index contributed by atoms with van der Waals surface area (Å²) in [4.78, 5) is 6.25. The Morgan fingerprint density at radius 1 is 1.26 bits per heavy atom. The highest BCUT2D eigenvalue weighted by Gasteiger charge is 2.51. The van der Waals surface area contributed by atoms with Crippen molar-refractivity contribution >= 4 is 0 Å². The maximum absolute atomic E-state index is 10.9. The zero-order valence-electron chi connectivity index (χ0n) is 13.0. The summed E-state index contributed by atoms with van der Waals surface area (Å²) in [6, 6.07) is 3.65. The number of hydrogen-bond acceptors (Lipinski definition) is 7. The molecule has 2 N–H and O–H groups in total. The van der Waals surface area contributed by atoms with Gasteiger partial charge in [0.2, 0.25) is 0 Å². The Hall–Kier alpha value is -1.09. The van der Waals surface area contributed by atoms with Gasteiger partial charge in [0.25, 0.3) is 0 Å². The van der Waals surface area contributed by atoms with Crippen molar-refractivity contribution in [3.63, 3.8) is 0 Å². The molecule has 4 rings (SSSR count). The lowest BCUT2D eigenvalue weighted by atomic mass is 9.94. The molecule has 7 nitrogen and oxygen atoms in total. The Morgan fingerprint density at radius 3 is 2.83 bits per heavy atom. The summed E-state index contributed by atoms with van der Waals surface area (Å²) in [6.45, 7) is 4.17. The van der Waals surface area contributed by atoms with Crippen LogP contribution in [-0.4, -0.2) is 78.5 Å². The Bertz CT molecular complexity index is 511. The summed E-state index contributed by atoms with van der Waals surface area (Å²) in [5.74, 6) is 0. The van der Waals surface area contributed by atoms with E-state index in [9.17, 15) is 5.11 Å². The molecule has 5 atom stereocenters. The summed E-state index contributed by atoms with van der Waals surface area (Å²) in [6.07, 6.45) is 2.58. The molecule has 3 aliphatic heterocycles. The molecule has 3 aliphatic rings. The largest absolute Gasteiger partial charge is 0.390 e. The molecule has 1 aromatic rings. The minimum Gasteiger partial charge on any atom is -0.390 e. The average Bonchev–Trinajstić information content (AvgIpc) is 3.02. The first-order valence-corrected chi connectivity index (χ1v) is 8.22. The van der Waals surface area contributed by atoms with Crippen LogP contribution in [0.4, 0.5) is 0 Å². The molecule has 1 aromatic heterocycles. The summed E-state index contributed by atoms with van der Waals surface area (Å²) < 4.78 is 17.2. The minimum atomic E-state index is -0.527. The standard InChI is InChI=1S/C16H23N3O4/c20-15-13(18-9-11-1-3-17-4-2-11)12-10-22-16(23-12)14(15)19-5-7-21-8-6-19/h1-4,12-16,18,20H,5-10H2/t12-,13-,14+,15-,16+/m0/s1. The van der Waals surface area contributed by atoms with E-state index in [4.69, 9.17) is 14.2 Å². The zero-order valence-corrected chi connectivity index (χ0v) is 13.0. The van der Waals surface area contributed by atoms with Crippen LogP contribution in [0.15, 0.2) is 24.5 Å². The van der Waals surface area contributed by atoms with Crippen molar-refractivity contribution in [3.8, 4) is 0 Å². The van der Waals surface area contributed by atoms with Crippen LogP contribution in [0.2, 0.25) is 0 Å². The van der Waals surface area contributed by atoms with Gasteiger partial charge >= 0.3 is 0 Å². The number of ether oxygens (including phenoxy) is 3. The van der Waals surface area contributed by atoms with Crippen molar-refractivity contribution in [1.29, 1.82) is 0 Å². The van der Waals surface area contributed by atoms with Crippen LogP contribution in [0, 0.1) is 0 Å². The molecule has 7 heteroatoms. The van der Waals surface area contributed by atoms with Gasteiger partial charge in [-0.25, -0.2) is 0 Å². The van der Waals surface area contributed by atoms with Gasteiger partial charge in [-0.05, 0) is 17.7 Å². The number of fused-ring (bicyclic) bond motifs is 2. The molecule has 3 fully saturated rings. The number of hydrogen-bond donors (Lipinski definition) is 2. The third kappa shape index (κ3) is 3.13. The molecule has 0 aromatic carbocycles. The van der Waals surface area contributed by atoms with E-state index in [2.05, 4.69) is 15.2 Å². The molecule has 0 aliphatic carbocycles. The third-order valence-corrected chi connectivity index (χ3v) is 4.89. The van der Waals surface area contributed by atoms with E-state index in [0.29, 0.717) is 26.4 Å². The third-order valence-electron chi connectivity index (χ3n) is 4.89. The monoisotopic (exact) mass is 321 g/mol. The van der Waals surface area contributed by atoms with Gasteiger partial charge in [0.1, 0.15) is 6.10 Å². The van der Waals surface area contributed by atoms with Crippen molar-refractivity contribution in [2.75, 3.05) is 32.9 Å². The van der Waals surface area contributed by atoms with Gasteiger partial charge in [0.15, 0.2) is 6.29 Å². The molecule has 2 bridgehead atoms. The molecule has 126 valence electrons. The lowest BCUT2D eigenvalue weighted by Crippen LogP contribution is -2.65. The quantitative estimate of drug-likeness (QED) is 0.764. The van der Waals surface area contributed by atoms with Gasteiger partial charge in [0, 0.05) is 32.0 Å². The molecule has 0 unspecified atom stereocenters. The Morgan fingerprint density at radius 2 is 2.04 bits per heavy atom. The SMILES string of the molecule is O[C@H]1[C@@H](NCc2ccncc2)[C@@H]2CO[C@H](O2)[C@@H]1N1CCOCC1. The van der Waals surface area contributed by atoms with Gasteiger partial charge < -0.3 is 24.6 Å². The number of rotatable bonds is 4. The fourth-order valence-corrected chi connectivity index (χ4v) is 3.65. The summed E-state index contributed by atoms with van der Waals surface area (Å²) in [5.41, 5.74) is 1.14. The number of aromatic nitrogens is 1.